The molecular formula is C18H37IN4O3. The standard InChI is InChI=1S/C18H36N4O3.HI/c1-7-19-16(21(5)12-13-24-14-15-8-9-15)20-10-11-22(6)17(23)25-18(2,3)4;/h15H,7-14H2,1-6H3,(H,19,20);1H. The summed E-state index contributed by atoms with van der Waals surface area (Å²) in [5.74, 6) is 1.62. The van der Waals surface area contributed by atoms with Gasteiger partial charge in [-0.1, -0.05) is 0 Å². The van der Waals surface area contributed by atoms with Gasteiger partial charge in [0.1, 0.15) is 5.60 Å². The Morgan fingerprint density at radius 2 is 1.85 bits per heavy atom. The third-order valence-corrected chi connectivity index (χ3v) is 3.72. The summed E-state index contributed by atoms with van der Waals surface area (Å²) in [5, 5.41) is 3.27. The molecule has 1 fully saturated rings. The highest BCUT2D eigenvalue weighted by Crippen LogP contribution is 2.28. The second kappa shape index (κ2) is 12.6. The molecular weight excluding hydrogens is 447 g/mol. The zero-order chi connectivity index (χ0) is 18.9. The molecule has 0 aromatic carbocycles. The van der Waals surface area contributed by atoms with Crippen LogP contribution >= 0.6 is 24.0 Å². The van der Waals surface area contributed by atoms with Crippen LogP contribution in [0.3, 0.4) is 0 Å². The van der Waals surface area contributed by atoms with Gasteiger partial charge in [-0.05, 0) is 46.5 Å². The molecule has 0 atom stereocenters. The average Bonchev–Trinajstić information content (AvgIpc) is 3.32. The molecule has 8 heteroatoms. The number of guanidine groups is 1. The largest absolute Gasteiger partial charge is 0.444 e. The predicted molar refractivity (Wildman–Crippen MR) is 116 cm³/mol. The smallest absolute Gasteiger partial charge is 0.410 e. The maximum atomic E-state index is 11.9. The summed E-state index contributed by atoms with van der Waals surface area (Å²) >= 11 is 0. The number of halogens is 1. The highest BCUT2D eigenvalue weighted by Gasteiger charge is 2.21. The molecule has 1 amide bonds. The quantitative estimate of drug-likeness (QED) is 0.236. The fourth-order valence-electron chi connectivity index (χ4n) is 2.05. The number of carbonyl (C=O) groups excluding carboxylic acids is 1. The maximum Gasteiger partial charge on any atom is 0.410 e. The van der Waals surface area contributed by atoms with Crippen LogP contribution in [-0.4, -0.2) is 80.9 Å². The first kappa shape index (κ1) is 25.2. The zero-order valence-electron chi connectivity index (χ0n) is 17.2. The molecule has 0 spiro atoms. The van der Waals surface area contributed by atoms with Gasteiger partial charge in [0.2, 0.25) is 0 Å². The highest BCUT2D eigenvalue weighted by molar-refractivity contribution is 14.0. The summed E-state index contributed by atoms with van der Waals surface area (Å²) < 4.78 is 11.0. The molecule has 0 aromatic rings. The normalized spacial score (nSPS) is 14.5. The first-order chi connectivity index (χ1) is 11.7. The van der Waals surface area contributed by atoms with Crippen LogP contribution in [0, 0.1) is 5.92 Å². The molecule has 26 heavy (non-hydrogen) atoms. The fraction of sp³-hybridized carbons (Fsp3) is 0.889. The Morgan fingerprint density at radius 3 is 2.38 bits per heavy atom. The zero-order valence-corrected chi connectivity index (χ0v) is 19.5. The maximum absolute atomic E-state index is 11.9. The molecule has 1 rings (SSSR count). The number of hydrogen-bond acceptors (Lipinski definition) is 4. The summed E-state index contributed by atoms with van der Waals surface area (Å²) in [4.78, 5) is 20.1. The molecule has 0 aromatic heterocycles. The molecule has 0 heterocycles. The lowest BCUT2D eigenvalue weighted by Gasteiger charge is -2.25. The third kappa shape index (κ3) is 11.8. The molecule has 154 valence electrons. The van der Waals surface area contributed by atoms with Crippen molar-refractivity contribution in [2.45, 2.75) is 46.1 Å². The van der Waals surface area contributed by atoms with Gasteiger partial charge >= 0.3 is 6.09 Å². The summed E-state index contributed by atoms with van der Waals surface area (Å²) in [5.41, 5.74) is -0.482. The van der Waals surface area contributed by atoms with E-state index in [-0.39, 0.29) is 30.1 Å². The minimum absolute atomic E-state index is 0. The van der Waals surface area contributed by atoms with E-state index in [1.165, 1.54) is 12.8 Å². The van der Waals surface area contributed by atoms with Crippen molar-refractivity contribution in [2.24, 2.45) is 10.9 Å². The summed E-state index contributed by atoms with van der Waals surface area (Å²) in [6.07, 6.45) is 2.30. The van der Waals surface area contributed by atoms with Crippen LogP contribution in [-0.2, 0) is 9.47 Å². The van der Waals surface area contributed by atoms with Crippen molar-refractivity contribution in [2.75, 3.05) is 53.5 Å². The molecule has 1 N–H and O–H groups in total. The van der Waals surface area contributed by atoms with Gasteiger partial charge in [0, 0.05) is 40.3 Å². The lowest BCUT2D eigenvalue weighted by molar-refractivity contribution is 0.0304. The minimum atomic E-state index is -0.482. The Kier molecular flexibility index (Phi) is 12.2. The number of carbonyl (C=O) groups is 1. The van der Waals surface area contributed by atoms with Crippen LogP contribution < -0.4 is 5.32 Å². The second-order valence-electron chi connectivity index (χ2n) is 7.58. The SMILES string of the molecule is CCNC(=NCCN(C)C(=O)OC(C)(C)C)N(C)CCOCC1CC1.I. The fourth-order valence-corrected chi connectivity index (χ4v) is 2.05. The van der Waals surface area contributed by atoms with E-state index in [9.17, 15) is 4.79 Å². The lowest BCUT2D eigenvalue weighted by Crippen LogP contribution is -2.41. The predicted octanol–water partition coefficient (Wildman–Crippen LogP) is 2.80. The van der Waals surface area contributed by atoms with Crippen molar-refractivity contribution < 1.29 is 14.3 Å². The number of rotatable bonds is 9. The number of amides is 1. The number of likely N-dealkylation sites (N-methyl/N-ethyl adjacent to an activating group) is 2. The van der Waals surface area contributed by atoms with Crippen LogP contribution in [0.2, 0.25) is 0 Å². The topological polar surface area (TPSA) is 66.4 Å². The average molecular weight is 484 g/mol. The molecule has 0 saturated heterocycles. The Hall–Kier alpha value is -0.770. The molecule has 1 saturated carbocycles. The van der Waals surface area contributed by atoms with Crippen molar-refractivity contribution in [1.82, 2.24) is 15.1 Å². The van der Waals surface area contributed by atoms with Crippen molar-refractivity contribution >= 4 is 36.0 Å². The van der Waals surface area contributed by atoms with E-state index in [0.717, 1.165) is 31.6 Å². The Balaban J connectivity index is 0.00000625. The van der Waals surface area contributed by atoms with E-state index < -0.39 is 5.60 Å². The number of nitrogens with one attached hydrogen (secondary N) is 1. The molecule has 0 aliphatic heterocycles. The number of nitrogens with zero attached hydrogens (tertiary/aromatic N) is 3. The lowest BCUT2D eigenvalue weighted by atomic mass is 10.2. The van der Waals surface area contributed by atoms with Gasteiger partial charge in [0.15, 0.2) is 5.96 Å². The monoisotopic (exact) mass is 484 g/mol. The van der Waals surface area contributed by atoms with Gasteiger partial charge in [-0.2, -0.15) is 0 Å². The van der Waals surface area contributed by atoms with Crippen LogP contribution in [0.15, 0.2) is 4.99 Å². The molecule has 1 aliphatic rings. The summed E-state index contributed by atoms with van der Waals surface area (Å²) in [7, 11) is 3.73. The van der Waals surface area contributed by atoms with Gasteiger partial charge in [0.05, 0.1) is 13.2 Å². The van der Waals surface area contributed by atoms with E-state index in [0.29, 0.717) is 19.7 Å². The summed E-state index contributed by atoms with van der Waals surface area (Å²) in [6, 6.07) is 0. The van der Waals surface area contributed by atoms with Crippen LogP contribution in [0.4, 0.5) is 4.79 Å². The van der Waals surface area contributed by atoms with Crippen molar-refractivity contribution in [3.63, 3.8) is 0 Å². The second-order valence-corrected chi connectivity index (χ2v) is 7.58. The van der Waals surface area contributed by atoms with E-state index >= 15 is 0 Å². The van der Waals surface area contributed by atoms with Crippen LogP contribution in [0.1, 0.15) is 40.5 Å². The third-order valence-electron chi connectivity index (χ3n) is 3.72. The Morgan fingerprint density at radius 1 is 1.19 bits per heavy atom. The molecule has 0 bridgehead atoms. The van der Waals surface area contributed by atoms with Crippen LogP contribution in [0.25, 0.3) is 0 Å². The van der Waals surface area contributed by atoms with Gasteiger partial charge in [-0.15, -0.1) is 24.0 Å². The van der Waals surface area contributed by atoms with E-state index in [2.05, 4.69) is 15.2 Å². The van der Waals surface area contributed by atoms with Crippen molar-refractivity contribution in [3.8, 4) is 0 Å². The van der Waals surface area contributed by atoms with Gasteiger partial charge < -0.3 is 24.6 Å². The summed E-state index contributed by atoms with van der Waals surface area (Å²) in [6.45, 7) is 11.8. The minimum Gasteiger partial charge on any atom is -0.444 e. The molecule has 0 radical (unpaired) electrons. The van der Waals surface area contributed by atoms with Gasteiger partial charge in [-0.3, -0.25) is 4.99 Å². The molecule has 7 nitrogen and oxygen atoms in total. The van der Waals surface area contributed by atoms with E-state index in [1.807, 2.05) is 34.7 Å². The molecule has 1 aliphatic carbocycles. The van der Waals surface area contributed by atoms with E-state index in [4.69, 9.17) is 9.47 Å². The van der Waals surface area contributed by atoms with Crippen LogP contribution in [0.5, 0.6) is 0 Å². The van der Waals surface area contributed by atoms with Gasteiger partial charge in [-0.25, -0.2) is 4.79 Å². The van der Waals surface area contributed by atoms with E-state index in [1.54, 1.807) is 11.9 Å². The first-order valence-corrected chi connectivity index (χ1v) is 9.24. The van der Waals surface area contributed by atoms with Crippen molar-refractivity contribution in [3.05, 3.63) is 0 Å². The molecule has 0 unspecified atom stereocenters. The Bertz CT molecular complexity index is 437. The van der Waals surface area contributed by atoms with Gasteiger partial charge in [0.25, 0.3) is 0 Å². The number of hydrogen-bond donors (Lipinski definition) is 1. The number of ether oxygens (including phenoxy) is 2. The Labute approximate surface area is 175 Å². The number of aliphatic imine (C=N–C) groups is 1. The first-order valence-electron chi connectivity index (χ1n) is 9.24. The van der Waals surface area contributed by atoms with Crippen molar-refractivity contribution in [1.29, 1.82) is 0 Å². The highest BCUT2D eigenvalue weighted by atomic mass is 127.